The number of aromatic amines is 1. The minimum Gasteiger partial charge on any atom is -0.384 e. The molecule has 4 aromatic rings. The molecule has 1 aromatic carbocycles. The summed E-state index contributed by atoms with van der Waals surface area (Å²) >= 11 is 0. The van der Waals surface area contributed by atoms with Crippen molar-refractivity contribution in [2.75, 3.05) is 5.73 Å². The molecule has 0 bridgehead atoms. The number of benzene rings is 1. The molecule has 0 unspecified atom stereocenters. The fourth-order valence-corrected chi connectivity index (χ4v) is 2.59. The molecule has 3 aromatic heterocycles. The molecule has 7 heteroatoms. The molecule has 0 saturated heterocycles. The summed E-state index contributed by atoms with van der Waals surface area (Å²) in [4.78, 5) is 15.5. The van der Waals surface area contributed by atoms with Gasteiger partial charge in [0.05, 0.1) is 11.2 Å². The third-order valence-corrected chi connectivity index (χ3v) is 3.65. The highest BCUT2D eigenvalue weighted by Crippen LogP contribution is 2.30. The molecule has 0 atom stereocenters. The zero-order valence-electron chi connectivity index (χ0n) is 12.3. The molecule has 0 spiro atoms. The van der Waals surface area contributed by atoms with Gasteiger partial charge in [0.15, 0.2) is 5.82 Å². The Balaban J connectivity index is 1.93. The van der Waals surface area contributed by atoms with Gasteiger partial charge in [0.25, 0.3) is 0 Å². The molecule has 0 aliphatic carbocycles. The SMILES string of the molecule is Nc1cc(-c2cccnc2)nc(-c2c[nH]c3c(F)cc(F)cc23)n1. The molecule has 4 rings (SSSR count). The third-order valence-electron chi connectivity index (χ3n) is 3.65. The highest BCUT2D eigenvalue weighted by atomic mass is 19.1. The fraction of sp³-hybridized carbons (Fsp3) is 0. The van der Waals surface area contributed by atoms with E-state index in [1.54, 1.807) is 24.5 Å². The van der Waals surface area contributed by atoms with Gasteiger partial charge in [-0.2, -0.15) is 0 Å². The number of anilines is 1. The number of nitrogens with one attached hydrogen (secondary N) is 1. The maximum atomic E-state index is 13.9. The first-order chi connectivity index (χ1) is 11.6. The molecule has 0 radical (unpaired) electrons. The predicted molar refractivity (Wildman–Crippen MR) is 86.9 cm³/mol. The molecule has 0 saturated carbocycles. The van der Waals surface area contributed by atoms with Crippen LogP contribution in [0, 0.1) is 11.6 Å². The number of nitrogens with zero attached hydrogens (tertiary/aromatic N) is 3. The van der Waals surface area contributed by atoms with Gasteiger partial charge in [-0.3, -0.25) is 4.98 Å². The Morgan fingerprint density at radius 1 is 1.08 bits per heavy atom. The van der Waals surface area contributed by atoms with Crippen molar-refractivity contribution < 1.29 is 8.78 Å². The quantitative estimate of drug-likeness (QED) is 0.591. The van der Waals surface area contributed by atoms with Crippen molar-refractivity contribution >= 4 is 16.7 Å². The van der Waals surface area contributed by atoms with Gasteiger partial charge in [-0.25, -0.2) is 18.7 Å². The molecular formula is C17H11F2N5. The number of aromatic nitrogens is 4. The van der Waals surface area contributed by atoms with Gasteiger partial charge in [0, 0.05) is 47.2 Å². The molecule has 3 N–H and O–H groups in total. The molecule has 3 heterocycles. The van der Waals surface area contributed by atoms with Crippen LogP contribution in [0.1, 0.15) is 0 Å². The van der Waals surface area contributed by atoms with Gasteiger partial charge >= 0.3 is 0 Å². The van der Waals surface area contributed by atoms with Crippen LogP contribution in [0.5, 0.6) is 0 Å². The fourth-order valence-electron chi connectivity index (χ4n) is 2.59. The summed E-state index contributed by atoms with van der Waals surface area (Å²) in [6.45, 7) is 0. The summed E-state index contributed by atoms with van der Waals surface area (Å²) in [5.74, 6) is -0.806. The standard InChI is InChI=1S/C17H11F2N5/c18-10-4-11-12(8-22-16(11)13(19)5-10)17-23-14(6-15(20)24-17)9-2-1-3-21-7-9/h1-8,22H,(H2,20,23,24). The summed E-state index contributed by atoms with van der Waals surface area (Å²) in [7, 11) is 0. The van der Waals surface area contributed by atoms with Crippen molar-refractivity contribution in [1.29, 1.82) is 0 Å². The number of H-pyrrole nitrogens is 1. The predicted octanol–water partition coefficient (Wildman–Crippen LogP) is 3.55. The van der Waals surface area contributed by atoms with Gasteiger partial charge in [-0.1, -0.05) is 0 Å². The third kappa shape index (κ3) is 2.36. The number of hydrogen-bond donors (Lipinski definition) is 2. The average molecular weight is 323 g/mol. The number of hydrogen-bond acceptors (Lipinski definition) is 4. The highest BCUT2D eigenvalue weighted by molar-refractivity contribution is 5.94. The molecule has 5 nitrogen and oxygen atoms in total. The first-order valence-electron chi connectivity index (χ1n) is 7.13. The van der Waals surface area contributed by atoms with E-state index in [0.29, 0.717) is 16.6 Å². The lowest BCUT2D eigenvalue weighted by Gasteiger charge is -2.05. The summed E-state index contributed by atoms with van der Waals surface area (Å²) in [5, 5.41) is 0.357. The Bertz CT molecular complexity index is 1040. The first-order valence-corrected chi connectivity index (χ1v) is 7.13. The van der Waals surface area contributed by atoms with Gasteiger partial charge in [-0.15, -0.1) is 0 Å². The second-order valence-electron chi connectivity index (χ2n) is 5.26. The van der Waals surface area contributed by atoms with Gasteiger partial charge in [0.2, 0.25) is 0 Å². The van der Waals surface area contributed by atoms with E-state index in [4.69, 9.17) is 5.73 Å². The number of pyridine rings is 1. The van der Waals surface area contributed by atoms with E-state index in [9.17, 15) is 8.78 Å². The summed E-state index contributed by atoms with van der Waals surface area (Å²) in [6.07, 6.45) is 4.84. The van der Waals surface area contributed by atoms with Crippen LogP contribution in [-0.2, 0) is 0 Å². The summed E-state index contributed by atoms with van der Waals surface area (Å²) < 4.78 is 27.4. The average Bonchev–Trinajstić information content (AvgIpc) is 2.99. The highest BCUT2D eigenvalue weighted by Gasteiger charge is 2.15. The lowest BCUT2D eigenvalue weighted by atomic mass is 10.1. The maximum Gasteiger partial charge on any atom is 0.164 e. The zero-order chi connectivity index (χ0) is 16.7. The lowest BCUT2D eigenvalue weighted by Crippen LogP contribution is -1.98. The van der Waals surface area contributed by atoms with Crippen molar-refractivity contribution in [1.82, 2.24) is 19.9 Å². The summed E-state index contributed by atoms with van der Waals surface area (Å²) in [6, 6.07) is 7.30. The molecule has 0 aliphatic rings. The monoisotopic (exact) mass is 323 g/mol. The van der Waals surface area contributed by atoms with E-state index >= 15 is 0 Å². The number of nitrogens with two attached hydrogens (primary N) is 1. The van der Waals surface area contributed by atoms with E-state index in [-0.39, 0.29) is 17.2 Å². The number of rotatable bonds is 2. The minimum atomic E-state index is -0.673. The Morgan fingerprint density at radius 3 is 2.75 bits per heavy atom. The van der Waals surface area contributed by atoms with Crippen molar-refractivity contribution in [3.8, 4) is 22.6 Å². The van der Waals surface area contributed by atoms with E-state index < -0.39 is 11.6 Å². The van der Waals surface area contributed by atoms with Gasteiger partial charge in [-0.05, 0) is 18.2 Å². The van der Waals surface area contributed by atoms with Crippen molar-refractivity contribution in [3.63, 3.8) is 0 Å². The van der Waals surface area contributed by atoms with E-state index in [1.807, 2.05) is 6.07 Å². The van der Waals surface area contributed by atoms with Crippen molar-refractivity contribution in [2.45, 2.75) is 0 Å². The number of halogens is 2. The molecular weight excluding hydrogens is 312 g/mol. The molecule has 0 aliphatic heterocycles. The van der Waals surface area contributed by atoms with Crippen LogP contribution < -0.4 is 5.73 Å². The Hall–Kier alpha value is -3.35. The van der Waals surface area contributed by atoms with Crippen LogP contribution in [0.3, 0.4) is 0 Å². The minimum absolute atomic E-state index is 0.195. The van der Waals surface area contributed by atoms with Crippen LogP contribution in [0.25, 0.3) is 33.5 Å². The van der Waals surface area contributed by atoms with Crippen molar-refractivity contribution in [3.05, 3.63) is 60.6 Å². The smallest absolute Gasteiger partial charge is 0.164 e. The molecule has 0 fully saturated rings. The molecule has 0 amide bonds. The number of nitrogen functional groups attached to an aromatic ring is 1. The largest absolute Gasteiger partial charge is 0.384 e. The molecule has 118 valence electrons. The van der Waals surface area contributed by atoms with Gasteiger partial charge in [0.1, 0.15) is 17.5 Å². The molecule has 24 heavy (non-hydrogen) atoms. The van der Waals surface area contributed by atoms with Crippen LogP contribution in [0.2, 0.25) is 0 Å². The number of fused-ring (bicyclic) bond motifs is 1. The Kier molecular flexibility index (Phi) is 3.19. The van der Waals surface area contributed by atoms with Crippen LogP contribution in [-0.4, -0.2) is 19.9 Å². The summed E-state index contributed by atoms with van der Waals surface area (Å²) in [5.41, 5.74) is 7.89. The van der Waals surface area contributed by atoms with E-state index in [1.165, 1.54) is 12.3 Å². The van der Waals surface area contributed by atoms with Gasteiger partial charge < -0.3 is 10.7 Å². The van der Waals surface area contributed by atoms with E-state index in [2.05, 4.69) is 19.9 Å². The van der Waals surface area contributed by atoms with Crippen LogP contribution in [0.15, 0.2) is 48.9 Å². The Morgan fingerprint density at radius 2 is 1.96 bits per heavy atom. The van der Waals surface area contributed by atoms with E-state index in [0.717, 1.165) is 11.6 Å². The van der Waals surface area contributed by atoms with Crippen molar-refractivity contribution in [2.24, 2.45) is 0 Å². The maximum absolute atomic E-state index is 13.9. The zero-order valence-corrected chi connectivity index (χ0v) is 12.3. The Labute approximate surface area is 135 Å². The van der Waals surface area contributed by atoms with Crippen LogP contribution in [0.4, 0.5) is 14.6 Å². The second-order valence-corrected chi connectivity index (χ2v) is 5.26. The normalized spacial score (nSPS) is 11.1. The second kappa shape index (κ2) is 5.38. The first kappa shape index (κ1) is 14.3. The lowest BCUT2D eigenvalue weighted by molar-refractivity contribution is 0.591. The van der Waals surface area contributed by atoms with Crippen LogP contribution >= 0.6 is 0 Å². The topological polar surface area (TPSA) is 80.5 Å².